The molecule has 5 rings (SSSR count). The van der Waals surface area contributed by atoms with Crippen LogP contribution in [0.4, 0.5) is 5.13 Å². The molecular formula is C23H22N4O2S2. The zero-order valence-electron chi connectivity index (χ0n) is 17.1. The van der Waals surface area contributed by atoms with Crippen molar-refractivity contribution < 1.29 is 9.53 Å². The molecule has 0 bridgehead atoms. The van der Waals surface area contributed by atoms with Gasteiger partial charge in [0.15, 0.2) is 0 Å². The number of aromatic nitrogens is 3. The molecular weight excluding hydrogens is 428 g/mol. The van der Waals surface area contributed by atoms with Crippen molar-refractivity contribution in [3.8, 4) is 0 Å². The standard InChI is InChI=1S/C23H22N4O2S2/c1-14-19(13-20(28)25-23-27-26-22(31-23)18-10-5-11-29-18)30-21(24-14)12-16-8-4-7-15-6-2-3-9-17(15)16/h2-4,6-9,18H,5,10-13H2,1H3,(H,25,27,28). The SMILES string of the molecule is Cc1nc(Cc2cccc3ccccc23)sc1CC(=O)Nc1nnc(C2CCCO2)s1. The van der Waals surface area contributed by atoms with Crippen molar-refractivity contribution in [3.63, 3.8) is 0 Å². The maximum atomic E-state index is 12.6. The van der Waals surface area contributed by atoms with E-state index in [0.717, 1.165) is 46.5 Å². The van der Waals surface area contributed by atoms with Crippen LogP contribution >= 0.6 is 22.7 Å². The molecule has 1 N–H and O–H groups in total. The van der Waals surface area contributed by atoms with Gasteiger partial charge in [-0.05, 0) is 36.1 Å². The van der Waals surface area contributed by atoms with Crippen molar-refractivity contribution in [2.24, 2.45) is 0 Å². The van der Waals surface area contributed by atoms with Gasteiger partial charge in [-0.1, -0.05) is 53.8 Å². The summed E-state index contributed by atoms with van der Waals surface area (Å²) in [5.41, 5.74) is 2.16. The number of carbonyl (C=O) groups excluding carboxylic acids is 1. The van der Waals surface area contributed by atoms with Crippen LogP contribution in [0.25, 0.3) is 10.8 Å². The number of aryl methyl sites for hydroxylation is 1. The van der Waals surface area contributed by atoms with Gasteiger partial charge in [0.2, 0.25) is 11.0 Å². The predicted octanol–water partition coefficient (Wildman–Crippen LogP) is 5.08. The van der Waals surface area contributed by atoms with E-state index in [9.17, 15) is 4.79 Å². The first kappa shape index (κ1) is 20.2. The van der Waals surface area contributed by atoms with E-state index >= 15 is 0 Å². The van der Waals surface area contributed by atoms with E-state index in [1.54, 1.807) is 11.3 Å². The minimum absolute atomic E-state index is 0.0171. The lowest BCUT2D eigenvalue weighted by atomic mass is 10.0. The molecule has 0 aliphatic carbocycles. The van der Waals surface area contributed by atoms with Gasteiger partial charge in [0.25, 0.3) is 0 Å². The Kier molecular flexibility index (Phi) is 5.76. The highest BCUT2D eigenvalue weighted by atomic mass is 32.1. The summed E-state index contributed by atoms with van der Waals surface area (Å²) in [5.74, 6) is -0.0986. The number of hydrogen-bond acceptors (Lipinski definition) is 7. The van der Waals surface area contributed by atoms with Crippen molar-refractivity contribution in [2.75, 3.05) is 11.9 Å². The summed E-state index contributed by atoms with van der Waals surface area (Å²) in [4.78, 5) is 18.3. The third-order valence-corrected chi connectivity index (χ3v) is 7.46. The minimum atomic E-state index is -0.0986. The van der Waals surface area contributed by atoms with Crippen LogP contribution in [0.1, 0.15) is 45.1 Å². The number of rotatable bonds is 6. The van der Waals surface area contributed by atoms with Crippen LogP contribution < -0.4 is 5.32 Å². The van der Waals surface area contributed by atoms with E-state index in [1.165, 1.54) is 27.7 Å². The number of hydrogen-bond donors (Lipinski definition) is 1. The lowest BCUT2D eigenvalue weighted by Crippen LogP contribution is -2.14. The Bertz CT molecular complexity index is 1220. The van der Waals surface area contributed by atoms with Gasteiger partial charge in [-0.3, -0.25) is 4.79 Å². The number of fused-ring (bicyclic) bond motifs is 1. The molecule has 8 heteroatoms. The third kappa shape index (κ3) is 4.51. The first-order chi connectivity index (χ1) is 15.2. The maximum absolute atomic E-state index is 12.6. The Morgan fingerprint density at radius 3 is 2.90 bits per heavy atom. The second kappa shape index (κ2) is 8.82. The van der Waals surface area contributed by atoms with Crippen LogP contribution in [0.3, 0.4) is 0 Å². The quantitative estimate of drug-likeness (QED) is 0.443. The minimum Gasteiger partial charge on any atom is -0.371 e. The largest absolute Gasteiger partial charge is 0.371 e. The van der Waals surface area contributed by atoms with Crippen LogP contribution in [0.2, 0.25) is 0 Å². The summed E-state index contributed by atoms with van der Waals surface area (Å²) >= 11 is 2.99. The number of benzene rings is 2. The number of anilines is 1. The zero-order chi connectivity index (χ0) is 21.2. The number of ether oxygens (including phenoxy) is 1. The fourth-order valence-corrected chi connectivity index (χ4v) is 5.77. The third-order valence-electron chi connectivity index (χ3n) is 5.37. The Hall–Kier alpha value is -2.68. The van der Waals surface area contributed by atoms with Gasteiger partial charge in [0.1, 0.15) is 11.1 Å². The summed E-state index contributed by atoms with van der Waals surface area (Å²) in [6.45, 7) is 2.73. The average molecular weight is 451 g/mol. The molecule has 1 saturated heterocycles. The molecule has 1 atom stereocenters. The molecule has 1 fully saturated rings. The molecule has 2 aromatic carbocycles. The first-order valence-electron chi connectivity index (χ1n) is 10.3. The molecule has 6 nitrogen and oxygen atoms in total. The normalized spacial score (nSPS) is 16.1. The zero-order valence-corrected chi connectivity index (χ0v) is 18.8. The topological polar surface area (TPSA) is 77.0 Å². The molecule has 4 aromatic rings. The van der Waals surface area contributed by atoms with E-state index in [0.29, 0.717) is 5.13 Å². The van der Waals surface area contributed by atoms with Crippen LogP contribution in [-0.4, -0.2) is 27.7 Å². The second-order valence-corrected chi connectivity index (χ2v) is 9.78. The number of nitrogens with one attached hydrogen (secondary N) is 1. The van der Waals surface area contributed by atoms with Gasteiger partial charge in [-0.15, -0.1) is 21.5 Å². The number of thiazole rings is 1. The Morgan fingerprint density at radius 1 is 1.16 bits per heavy atom. The number of nitrogens with zero attached hydrogens (tertiary/aromatic N) is 3. The van der Waals surface area contributed by atoms with E-state index in [4.69, 9.17) is 9.72 Å². The summed E-state index contributed by atoms with van der Waals surface area (Å²) in [6, 6.07) is 14.7. The first-order valence-corrected chi connectivity index (χ1v) is 12.0. The van der Waals surface area contributed by atoms with Crippen molar-refractivity contribution in [3.05, 3.63) is 68.6 Å². The highest BCUT2D eigenvalue weighted by Crippen LogP contribution is 2.32. The van der Waals surface area contributed by atoms with Gasteiger partial charge in [-0.25, -0.2) is 4.98 Å². The fraction of sp³-hybridized carbons (Fsp3) is 0.304. The Morgan fingerprint density at radius 2 is 2.03 bits per heavy atom. The van der Waals surface area contributed by atoms with Gasteiger partial charge >= 0.3 is 0 Å². The molecule has 1 aliphatic rings. The van der Waals surface area contributed by atoms with E-state index in [1.807, 2.05) is 6.92 Å². The lowest BCUT2D eigenvalue weighted by Gasteiger charge is -2.04. The van der Waals surface area contributed by atoms with Crippen molar-refractivity contribution >= 4 is 44.5 Å². The molecule has 2 aromatic heterocycles. The van der Waals surface area contributed by atoms with Crippen LogP contribution in [0.5, 0.6) is 0 Å². The molecule has 1 aliphatic heterocycles. The fourth-order valence-electron chi connectivity index (χ4n) is 3.83. The predicted molar refractivity (Wildman–Crippen MR) is 124 cm³/mol. The highest BCUT2D eigenvalue weighted by Gasteiger charge is 2.22. The van der Waals surface area contributed by atoms with Crippen molar-refractivity contribution in [1.82, 2.24) is 15.2 Å². The Balaban J connectivity index is 1.26. The van der Waals surface area contributed by atoms with Crippen LogP contribution in [0.15, 0.2) is 42.5 Å². The molecule has 0 saturated carbocycles. The van der Waals surface area contributed by atoms with E-state index in [2.05, 4.69) is 58.0 Å². The van der Waals surface area contributed by atoms with Gasteiger partial charge in [0, 0.05) is 17.9 Å². The molecule has 1 unspecified atom stereocenters. The smallest absolute Gasteiger partial charge is 0.231 e. The molecule has 3 heterocycles. The van der Waals surface area contributed by atoms with Gasteiger partial charge < -0.3 is 10.1 Å². The van der Waals surface area contributed by atoms with E-state index < -0.39 is 0 Å². The number of carbonyl (C=O) groups is 1. The van der Waals surface area contributed by atoms with Gasteiger partial charge in [-0.2, -0.15) is 0 Å². The van der Waals surface area contributed by atoms with Gasteiger partial charge in [0.05, 0.1) is 17.1 Å². The van der Waals surface area contributed by atoms with Crippen molar-refractivity contribution in [2.45, 2.75) is 38.7 Å². The highest BCUT2D eigenvalue weighted by molar-refractivity contribution is 7.15. The van der Waals surface area contributed by atoms with Crippen molar-refractivity contribution in [1.29, 1.82) is 0 Å². The molecule has 0 spiro atoms. The maximum Gasteiger partial charge on any atom is 0.231 e. The molecule has 31 heavy (non-hydrogen) atoms. The summed E-state index contributed by atoms with van der Waals surface area (Å²) in [5, 5.41) is 16.0. The van der Waals surface area contributed by atoms with E-state index in [-0.39, 0.29) is 18.4 Å². The van der Waals surface area contributed by atoms with Crippen LogP contribution in [0, 0.1) is 6.92 Å². The molecule has 0 radical (unpaired) electrons. The Labute approximate surface area is 188 Å². The monoisotopic (exact) mass is 450 g/mol. The van der Waals surface area contributed by atoms with Crippen LogP contribution in [-0.2, 0) is 22.4 Å². The summed E-state index contributed by atoms with van der Waals surface area (Å²) < 4.78 is 5.64. The molecule has 158 valence electrons. The second-order valence-electron chi connectivity index (χ2n) is 7.60. The lowest BCUT2D eigenvalue weighted by molar-refractivity contribution is -0.115. The summed E-state index contributed by atoms with van der Waals surface area (Å²) in [7, 11) is 0. The molecule has 1 amide bonds. The number of amides is 1. The average Bonchev–Trinajstić information content (AvgIpc) is 3.51. The summed E-state index contributed by atoms with van der Waals surface area (Å²) in [6.07, 6.45) is 3.06.